The lowest BCUT2D eigenvalue weighted by molar-refractivity contribution is -0.384. The number of benzene rings is 1. The van der Waals surface area contributed by atoms with Gasteiger partial charge in [-0.25, -0.2) is 0 Å². The first-order valence-electron chi connectivity index (χ1n) is 6.52. The molecular weight excluding hydrogens is 304 g/mol. The maximum absolute atomic E-state index is 11.7. The molecule has 0 aliphatic rings. The molecule has 9 heteroatoms. The summed E-state index contributed by atoms with van der Waals surface area (Å²) in [5.74, 6) is 0.269. The first-order chi connectivity index (χ1) is 11.1. The summed E-state index contributed by atoms with van der Waals surface area (Å²) in [4.78, 5) is 25.9. The molecule has 3 aromatic rings. The quantitative estimate of drug-likeness (QED) is 0.565. The molecule has 9 nitrogen and oxygen atoms in total. The molecule has 0 unspecified atom stereocenters. The van der Waals surface area contributed by atoms with Crippen LogP contribution in [-0.2, 0) is 6.54 Å². The van der Waals surface area contributed by atoms with Crippen LogP contribution in [-0.4, -0.2) is 21.0 Å². The topological polar surface area (TPSA) is 124 Å². The molecule has 0 radical (unpaired) electrons. The minimum atomic E-state index is -0.490. The minimum absolute atomic E-state index is 0.0248. The second-order valence-corrected chi connectivity index (χ2v) is 4.48. The van der Waals surface area contributed by atoms with Gasteiger partial charge in [0.15, 0.2) is 5.76 Å². The van der Waals surface area contributed by atoms with Crippen molar-refractivity contribution in [2.45, 2.75) is 6.54 Å². The normalized spacial score (nSPS) is 10.4. The average Bonchev–Trinajstić information content (AvgIpc) is 3.24. The number of nitrogens with zero attached hydrogens (tertiary/aromatic N) is 3. The molecule has 0 fully saturated rings. The lowest BCUT2D eigenvalue weighted by Crippen LogP contribution is -2.22. The maximum Gasteiger partial charge on any atom is 0.287 e. The highest BCUT2D eigenvalue weighted by Crippen LogP contribution is 2.19. The Bertz CT molecular complexity index is 823. The molecule has 3 rings (SSSR count). The van der Waals surface area contributed by atoms with Gasteiger partial charge < -0.3 is 14.3 Å². The van der Waals surface area contributed by atoms with Crippen LogP contribution in [0.15, 0.2) is 51.6 Å². The molecule has 0 aliphatic heterocycles. The van der Waals surface area contributed by atoms with Gasteiger partial charge in [-0.3, -0.25) is 14.9 Å². The van der Waals surface area contributed by atoms with Gasteiger partial charge in [0.05, 0.1) is 17.7 Å². The van der Waals surface area contributed by atoms with Crippen molar-refractivity contribution in [3.63, 3.8) is 0 Å². The second kappa shape index (κ2) is 6.10. The van der Waals surface area contributed by atoms with Crippen molar-refractivity contribution in [1.82, 2.24) is 15.5 Å². The highest BCUT2D eigenvalue weighted by Gasteiger charge is 2.13. The van der Waals surface area contributed by atoms with E-state index in [2.05, 4.69) is 15.5 Å². The molecule has 1 aromatic carbocycles. The van der Waals surface area contributed by atoms with Gasteiger partial charge in [0, 0.05) is 17.7 Å². The van der Waals surface area contributed by atoms with Crippen molar-refractivity contribution < 1.29 is 18.7 Å². The second-order valence-electron chi connectivity index (χ2n) is 4.48. The minimum Gasteiger partial charge on any atom is -0.459 e. The van der Waals surface area contributed by atoms with Gasteiger partial charge in [0.25, 0.3) is 11.6 Å². The number of hydrogen-bond acceptors (Lipinski definition) is 7. The molecule has 2 heterocycles. The summed E-state index contributed by atoms with van der Waals surface area (Å²) in [6, 6.07) is 8.89. The van der Waals surface area contributed by atoms with Crippen molar-refractivity contribution in [3.8, 4) is 11.4 Å². The molecule has 2 aromatic heterocycles. The molecule has 0 atom stereocenters. The summed E-state index contributed by atoms with van der Waals surface area (Å²) in [7, 11) is 0. The fourth-order valence-corrected chi connectivity index (χ4v) is 1.83. The molecule has 0 bridgehead atoms. The largest absolute Gasteiger partial charge is 0.459 e. The number of aromatic nitrogens is 2. The van der Waals surface area contributed by atoms with E-state index in [1.807, 2.05) is 0 Å². The zero-order valence-electron chi connectivity index (χ0n) is 11.6. The molecule has 0 aliphatic carbocycles. The van der Waals surface area contributed by atoms with Crippen molar-refractivity contribution >= 4 is 11.6 Å². The Labute approximate surface area is 129 Å². The van der Waals surface area contributed by atoms with E-state index in [0.29, 0.717) is 5.56 Å². The zero-order chi connectivity index (χ0) is 16.2. The van der Waals surface area contributed by atoms with Crippen LogP contribution < -0.4 is 5.32 Å². The van der Waals surface area contributed by atoms with Crippen molar-refractivity contribution in [2.24, 2.45) is 0 Å². The van der Waals surface area contributed by atoms with E-state index in [9.17, 15) is 14.9 Å². The van der Waals surface area contributed by atoms with Gasteiger partial charge >= 0.3 is 0 Å². The summed E-state index contributed by atoms with van der Waals surface area (Å²) in [5.41, 5.74) is 0.547. The van der Waals surface area contributed by atoms with Crippen LogP contribution in [0.4, 0.5) is 5.69 Å². The van der Waals surface area contributed by atoms with Crippen LogP contribution in [0.2, 0.25) is 0 Å². The highest BCUT2D eigenvalue weighted by molar-refractivity contribution is 5.91. The Morgan fingerprint density at radius 1 is 1.26 bits per heavy atom. The zero-order valence-corrected chi connectivity index (χ0v) is 11.6. The van der Waals surface area contributed by atoms with Crippen molar-refractivity contribution in [3.05, 3.63) is 64.4 Å². The SMILES string of the molecule is O=C(NCc1nc(-c2ccc([N+](=O)[O-])cc2)no1)c1ccco1. The number of nitro groups is 1. The number of rotatable bonds is 5. The Morgan fingerprint density at radius 3 is 2.70 bits per heavy atom. The first-order valence-corrected chi connectivity index (χ1v) is 6.52. The van der Waals surface area contributed by atoms with E-state index in [-0.39, 0.29) is 29.7 Å². The van der Waals surface area contributed by atoms with E-state index in [1.165, 1.54) is 36.6 Å². The summed E-state index contributed by atoms with van der Waals surface area (Å²) in [6.45, 7) is 0.0412. The third-order valence-corrected chi connectivity index (χ3v) is 2.95. The van der Waals surface area contributed by atoms with Gasteiger partial charge in [0.2, 0.25) is 11.7 Å². The van der Waals surface area contributed by atoms with Crippen LogP contribution in [0.5, 0.6) is 0 Å². The lowest BCUT2D eigenvalue weighted by Gasteiger charge is -1.97. The van der Waals surface area contributed by atoms with Crippen molar-refractivity contribution in [2.75, 3.05) is 0 Å². The standard InChI is InChI=1S/C14H10N4O5/c19-14(11-2-1-7-22-11)15-8-12-16-13(17-23-12)9-3-5-10(6-4-9)18(20)21/h1-7H,8H2,(H,15,19). The summed E-state index contributed by atoms with van der Waals surface area (Å²) in [5, 5.41) is 17.0. The van der Waals surface area contributed by atoms with E-state index in [4.69, 9.17) is 8.94 Å². The summed E-state index contributed by atoms with van der Waals surface area (Å²) in [6.07, 6.45) is 1.40. The fourth-order valence-electron chi connectivity index (χ4n) is 1.83. The Hall–Kier alpha value is -3.49. The molecule has 116 valence electrons. The van der Waals surface area contributed by atoms with Crippen LogP contribution in [0, 0.1) is 10.1 Å². The van der Waals surface area contributed by atoms with Gasteiger partial charge in [0.1, 0.15) is 0 Å². The summed E-state index contributed by atoms with van der Waals surface area (Å²) < 4.78 is 9.98. The predicted molar refractivity (Wildman–Crippen MR) is 76.3 cm³/mol. The van der Waals surface area contributed by atoms with E-state index < -0.39 is 10.8 Å². The van der Waals surface area contributed by atoms with Gasteiger partial charge in [-0.05, 0) is 24.3 Å². The number of non-ortho nitro benzene ring substituents is 1. The lowest BCUT2D eigenvalue weighted by atomic mass is 10.2. The highest BCUT2D eigenvalue weighted by atomic mass is 16.6. The number of hydrogen-bond donors (Lipinski definition) is 1. The Morgan fingerprint density at radius 2 is 2.04 bits per heavy atom. The fraction of sp³-hybridized carbons (Fsp3) is 0.0714. The van der Waals surface area contributed by atoms with Gasteiger partial charge in [-0.1, -0.05) is 5.16 Å². The Balaban J connectivity index is 1.66. The Kier molecular flexibility index (Phi) is 3.83. The molecule has 0 spiro atoms. The molecule has 0 saturated heterocycles. The third-order valence-electron chi connectivity index (χ3n) is 2.95. The number of furan rings is 1. The van der Waals surface area contributed by atoms with Gasteiger partial charge in [-0.15, -0.1) is 0 Å². The first kappa shape index (κ1) is 14.4. The van der Waals surface area contributed by atoms with Crippen LogP contribution in [0.1, 0.15) is 16.4 Å². The molecule has 1 amide bonds. The number of carbonyl (C=O) groups excluding carboxylic acids is 1. The van der Waals surface area contributed by atoms with Crippen molar-refractivity contribution in [1.29, 1.82) is 0 Å². The maximum atomic E-state index is 11.7. The monoisotopic (exact) mass is 314 g/mol. The summed E-state index contributed by atoms with van der Waals surface area (Å²) >= 11 is 0. The predicted octanol–water partition coefficient (Wildman–Crippen LogP) is 2.17. The smallest absolute Gasteiger partial charge is 0.287 e. The molecule has 0 saturated carbocycles. The molecule has 23 heavy (non-hydrogen) atoms. The van der Waals surface area contributed by atoms with Gasteiger partial charge in [-0.2, -0.15) is 4.98 Å². The average molecular weight is 314 g/mol. The van der Waals surface area contributed by atoms with E-state index in [0.717, 1.165) is 0 Å². The third kappa shape index (κ3) is 3.23. The molecular formula is C14H10N4O5. The van der Waals surface area contributed by atoms with Crippen LogP contribution >= 0.6 is 0 Å². The number of carbonyl (C=O) groups is 1. The number of nitro benzene ring substituents is 1. The van der Waals surface area contributed by atoms with E-state index in [1.54, 1.807) is 6.07 Å². The van der Waals surface area contributed by atoms with Crippen LogP contribution in [0.3, 0.4) is 0 Å². The van der Waals surface area contributed by atoms with E-state index >= 15 is 0 Å². The van der Waals surface area contributed by atoms with Crippen LogP contribution in [0.25, 0.3) is 11.4 Å². The number of amides is 1. The molecule has 1 N–H and O–H groups in total. The number of nitrogens with one attached hydrogen (secondary N) is 1.